The Morgan fingerprint density at radius 2 is 1.52 bits per heavy atom. The average molecular weight is 319 g/mol. The van der Waals surface area contributed by atoms with Gasteiger partial charge < -0.3 is 5.32 Å². The molecule has 0 saturated heterocycles. The molecule has 0 aliphatic heterocycles. The maximum absolute atomic E-state index is 5.98. The molecular weight excluding hydrogens is 307 g/mol. The summed E-state index contributed by atoms with van der Waals surface area (Å²) in [5.41, 5.74) is 2.95. The Labute approximate surface area is 132 Å². The Bertz CT molecular complexity index is 704. The molecule has 0 aliphatic carbocycles. The van der Waals surface area contributed by atoms with Crippen molar-refractivity contribution >= 4 is 28.9 Å². The number of anilines is 1. The second-order valence-corrected chi connectivity index (χ2v) is 5.37. The van der Waals surface area contributed by atoms with E-state index in [0.717, 1.165) is 16.9 Å². The molecule has 3 rings (SSSR count). The number of hydrogen-bond acceptors (Lipinski definition) is 3. The Balaban J connectivity index is 1.68. The summed E-state index contributed by atoms with van der Waals surface area (Å²) < 4.78 is 0. The van der Waals surface area contributed by atoms with E-state index in [-0.39, 0.29) is 0 Å². The van der Waals surface area contributed by atoms with Crippen LogP contribution in [0, 0.1) is 0 Å². The van der Waals surface area contributed by atoms with E-state index in [4.69, 9.17) is 23.2 Å². The zero-order chi connectivity index (χ0) is 14.7. The summed E-state index contributed by atoms with van der Waals surface area (Å²) in [5, 5.41) is 12.8. The molecule has 0 aliphatic rings. The average Bonchev–Trinajstić information content (AvgIpc) is 2.99. The number of nitrogens with one attached hydrogen (secondary N) is 1. The van der Waals surface area contributed by atoms with Gasteiger partial charge in [0.05, 0.1) is 18.1 Å². The first-order valence-electron chi connectivity index (χ1n) is 6.36. The third kappa shape index (κ3) is 3.54. The van der Waals surface area contributed by atoms with Gasteiger partial charge in [-0.1, -0.05) is 23.2 Å². The van der Waals surface area contributed by atoms with Crippen LogP contribution in [0.5, 0.6) is 0 Å². The van der Waals surface area contributed by atoms with Crippen LogP contribution in [0.25, 0.3) is 5.69 Å². The molecule has 106 valence electrons. The van der Waals surface area contributed by atoms with E-state index in [1.165, 1.54) is 0 Å². The molecule has 4 nitrogen and oxygen atoms in total. The zero-order valence-electron chi connectivity index (χ0n) is 11.0. The van der Waals surface area contributed by atoms with Gasteiger partial charge in [0.1, 0.15) is 0 Å². The zero-order valence-corrected chi connectivity index (χ0v) is 12.5. The van der Waals surface area contributed by atoms with Gasteiger partial charge in [-0.15, -0.1) is 0 Å². The number of halogens is 2. The number of hydrogen-bond donors (Lipinski definition) is 1. The molecule has 0 saturated carbocycles. The highest BCUT2D eigenvalue weighted by atomic mass is 35.5. The number of rotatable bonds is 4. The summed E-state index contributed by atoms with van der Waals surface area (Å²) in [7, 11) is 0. The molecular formula is C15H12Cl2N4. The molecule has 3 aromatic rings. The standard InChI is InChI=1S/C15H12Cl2N4/c16-12-7-11(8-13(17)9-12)10-18-14-1-3-15(4-2-14)21-19-5-6-20-21/h1-9,18H,10H2. The topological polar surface area (TPSA) is 42.7 Å². The number of benzene rings is 2. The summed E-state index contributed by atoms with van der Waals surface area (Å²) in [5.74, 6) is 0. The fourth-order valence-corrected chi connectivity index (χ4v) is 2.55. The van der Waals surface area contributed by atoms with Crippen LogP contribution >= 0.6 is 23.2 Å². The minimum Gasteiger partial charge on any atom is -0.381 e. The van der Waals surface area contributed by atoms with Gasteiger partial charge in [-0.25, -0.2) is 0 Å². The van der Waals surface area contributed by atoms with Crippen molar-refractivity contribution in [2.45, 2.75) is 6.54 Å². The largest absolute Gasteiger partial charge is 0.381 e. The molecule has 0 radical (unpaired) electrons. The second-order valence-electron chi connectivity index (χ2n) is 4.50. The predicted molar refractivity (Wildman–Crippen MR) is 85.1 cm³/mol. The van der Waals surface area contributed by atoms with Crippen LogP contribution in [-0.4, -0.2) is 15.0 Å². The van der Waals surface area contributed by atoms with Crippen LogP contribution in [0.2, 0.25) is 10.0 Å². The molecule has 1 N–H and O–H groups in total. The maximum atomic E-state index is 5.98. The van der Waals surface area contributed by atoms with Gasteiger partial charge in [-0.3, -0.25) is 0 Å². The lowest BCUT2D eigenvalue weighted by Gasteiger charge is -2.08. The molecule has 6 heteroatoms. The second kappa shape index (κ2) is 6.16. The molecule has 0 spiro atoms. The Kier molecular flexibility index (Phi) is 4.08. The molecule has 0 unspecified atom stereocenters. The summed E-state index contributed by atoms with van der Waals surface area (Å²) in [6.45, 7) is 0.652. The van der Waals surface area contributed by atoms with E-state index in [9.17, 15) is 0 Å². The number of nitrogens with zero attached hydrogens (tertiary/aromatic N) is 3. The maximum Gasteiger partial charge on any atom is 0.0858 e. The predicted octanol–water partition coefficient (Wildman–Crippen LogP) is 4.19. The highest BCUT2D eigenvalue weighted by Gasteiger charge is 2.00. The minimum absolute atomic E-state index is 0.638. The lowest BCUT2D eigenvalue weighted by Crippen LogP contribution is -2.01. The summed E-state index contributed by atoms with van der Waals surface area (Å²) in [6.07, 6.45) is 3.30. The summed E-state index contributed by atoms with van der Waals surface area (Å²) >= 11 is 12.0. The summed E-state index contributed by atoms with van der Waals surface area (Å²) in [4.78, 5) is 1.57. The fraction of sp³-hybridized carbons (Fsp3) is 0.0667. The van der Waals surface area contributed by atoms with Crippen molar-refractivity contribution in [3.63, 3.8) is 0 Å². The van der Waals surface area contributed by atoms with Crippen molar-refractivity contribution in [2.24, 2.45) is 0 Å². The van der Waals surface area contributed by atoms with Crippen molar-refractivity contribution in [2.75, 3.05) is 5.32 Å². The van der Waals surface area contributed by atoms with Crippen LogP contribution < -0.4 is 5.32 Å². The van der Waals surface area contributed by atoms with Crippen LogP contribution in [0.15, 0.2) is 54.9 Å². The lowest BCUT2D eigenvalue weighted by molar-refractivity contribution is 0.752. The molecule has 0 fully saturated rings. The van der Waals surface area contributed by atoms with Crippen molar-refractivity contribution in [3.05, 3.63) is 70.5 Å². The van der Waals surface area contributed by atoms with Gasteiger partial charge >= 0.3 is 0 Å². The minimum atomic E-state index is 0.638. The van der Waals surface area contributed by atoms with Gasteiger partial charge in [-0.05, 0) is 48.0 Å². The Morgan fingerprint density at radius 1 is 0.905 bits per heavy atom. The molecule has 1 aromatic heterocycles. The Hall–Kier alpha value is -2.04. The molecule has 0 atom stereocenters. The molecule has 0 bridgehead atoms. The van der Waals surface area contributed by atoms with Gasteiger partial charge in [-0.2, -0.15) is 15.0 Å². The quantitative estimate of drug-likeness (QED) is 0.784. The van der Waals surface area contributed by atoms with E-state index < -0.39 is 0 Å². The van der Waals surface area contributed by atoms with Gasteiger partial charge in [0, 0.05) is 22.3 Å². The first kappa shape index (κ1) is 13.9. The lowest BCUT2D eigenvalue weighted by atomic mass is 10.2. The van der Waals surface area contributed by atoms with Crippen molar-refractivity contribution in [1.82, 2.24) is 15.0 Å². The van der Waals surface area contributed by atoms with Gasteiger partial charge in [0.25, 0.3) is 0 Å². The van der Waals surface area contributed by atoms with E-state index in [1.54, 1.807) is 23.3 Å². The third-order valence-electron chi connectivity index (χ3n) is 2.94. The first-order valence-corrected chi connectivity index (χ1v) is 7.12. The first-order chi connectivity index (χ1) is 10.2. The monoisotopic (exact) mass is 318 g/mol. The van der Waals surface area contributed by atoms with Crippen LogP contribution in [0.4, 0.5) is 5.69 Å². The summed E-state index contributed by atoms with van der Waals surface area (Å²) in [6, 6.07) is 13.4. The van der Waals surface area contributed by atoms with E-state index in [0.29, 0.717) is 16.6 Å². The normalized spacial score (nSPS) is 10.6. The van der Waals surface area contributed by atoms with Crippen molar-refractivity contribution in [1.29, 1.82) is 0 Å². The SMILES string of the molecule is Clc1cc(Cl)cc(CNc2ccc(-n3nccn3)cc2)c1. The van der Waals surface area contributed by atoms with Crippen LogP contribution in [0.1, 0.15) is 5.56 Å². The van der Waals surface area contributed by atoms with E-state index in [1.807, 2.05) is 36.4 Å². The van der Waals surface area contributed by atoms with Crippen LogP contribution in [-0.2, 0) is 6.54 Å². The fourth-order valence-electron chi connectivity index (χ4n) is 1.98. The van der Waals surface area contributed by atoms with E-state index in [2.05, 4.69) is 15.5 Å². The van der Waals surface area contributed by atoms with Crippen molar-refractivity contribution < 1.29 is 0 Å². The van der Waals surface area contributed by atoms with Crippen molar-refractivity contribution in [3.8, 4) is 5.69 Å². The Morgan fingerprint density at radius 3 is 2.14 bits per heavy atom. The van der Waals surface area contributed by atoms with Crippen LogP contribution in [0.3, 0.4) is 0 Å². The molecule has 2 aromatic carbocycles. The number of aromatic nitrogens is 3. The molecule has 21 heavy (non-hydrogen) atoms. The third-order valence-corrected chi connectivity index (χ3v) is 3.37. The highest BCUT2D eigenvalue weighted by molar-refractivity contribution is 6.34. The highest BCUT2D eigenvalue weighted by Crippen LogP contribution is 2.20. The van der Waals surface area contributed by atoms with E-state index >= 15 is 0 Å². The molecule has 1 heterocycles. The van der Waals surface area contributed by atoms with Gasteiger partial charge in [0.2, 0.25) is 0 Å². The molecule has 0 amide bonds. The smallest absolute Gasteiger partial charge is 0.0858 e. The van der Waals surface area contributed by atoms with Gasteiger partial charge in [0.15, 0.2) is 0 Å².